The fraction of sp³-hybridized carbons (Fsp3) is 0.714. The van der Waals surface area contributed by atoms with Crippen LogP contribution in [-0.4, -0.2) is 48.2 Å². The van der Waals surface area contributed by atoms with Crippen LogP contribution in [0, 0.1) is 6.92 Å². The van der Waals surface area contributed by atoms with E-state index in [1.54, 1.807) is 7.05 Å². The average molecular weight is 277 g/mol. The van der Waals surface area contributed by atoms with Gasteiger partial charge >= 0.3 is 0 Å². The lowest BCUT2D eigenvalue weighted by atomic mass is 10.3. The molecule has 2 aliphatic rings. The maximum absolute atomic E-state index is 5.18. The van der Waals surface area contributed by atoms with Gasteiger partial charge in [0.05, 0.1) is 12.2 Å². The maximum atomic E-state index is 5.18. The van der Waals surface area contributed by atoms with Gasteiger partial charge in [0.1, 0.15) is 0 Å². The van der Waals surface area contributed by atoms with Crippen molar-refractivity contribution in [3.05, 3.63) is 17.5 Å². The van der Waals surface area contributed by atoms with E-state index in [0.717, 1.165) is 30.0 Å². The number of hydrogen-bond acceptors (Lipinski definition) is 4. The van der Waals surface area contributed by atoms with Gasteiger partial charge in [0.25, 0.3) is 0 Å². The predicted octanol–water partition coefficient (Wildman–Crippen LogP) is 0.885. The van der Waals surface area contributed by atoms with Crippen molar-refractivity contribution in [2.24, 2.45) is 4.99 Å². The molecule has 3 rings (SSSR count). The third kappa shape index (κ3) is 3.30. The van der Waals surface area contributed by atoms with Crippen molar-refractivity contribution in [1.29, 1.82) is 0 Å². The smallest absolute Gasteiger partial charge is 0.191 e. The van der Waals surface area contributed by atoms with Crippen molar-refractivity contribution in [3.63, 3.8) is 0 Å². The zero-order valence-corrected chi connectivity index (χ0v) is 12.2. The van der Waals surface area contributed by atoms with Gasteiger partial charge in [-0.3, -0.25) is 9.89 Å². The molecule has 0 amide bonds. The van der Waals surface area contributed by atoms with Crippen LogP contribution in [0.15, 0.2) is 15.6 Å². The number of aryl methyl sites for hydroxylation is 1. The second-order valence-corrected chi connectivity index (χ2v) is 5.72. The molecule has 110 valence electrons. The van der Waals surface area contributed by atoms with Crippen molar-refractivity contribution >= 4 is 5.96 Å². The van der Waals surface area contributed by atoms with Crippen LogP contribution in [0.1, 0.15) is 30.7 Å². The average Bonchev–Trinajstić information content (AvgIpc) is 3.06. The molecule has 2 fully saturated rings. The van der Waals surface area contributed by atoms with E-state index in [9.17, 15) is 0 Å². The van der Waals surface area contributed by atoms with Gasteiger partial charge in [-0.1, -0.05) is 5.16 Å². The van der Waals surface area contributed by atoms with Crippen LogP contribution in [0.25, 0.3) is 0 Å². The highest BCUT2D eigenvalue weighted by Crippen LogP contribution is 2.29. The Morgan fingerprint density at radius 3 is 3.00 bits per heavy atom. The molecule has 0 radical (unpaired) electrons. The highest BCUT2D eigenvalue weighted by molar-refractivity contribution is 5.79. The Morgan fingerprint density at radius 1 is 1.50 bits per heavy atom. The molecule has 1 unspecified atom stereocenters. The second kappa shape index (κ2) is 5.83. The van der Waals surface area contributed by atoms with Gasteiger partial charge in [0.2, 0.25) is 0 Å². The normalized spacial score (nSPS) is 24.1. The number of nitrogens with zero attached hydrogens (tertiary/aromatic N) is 3. The minimum Gasteiger partial charge on any atom is -0.359 e. The predicted molar refractivity (Wildman–Crippen MR) is 77.6 cm³/mol. The lowest BCUT2D eigenvalue weighted by molar-refractivity contribution is 0.321. The maximum Gasteiger partial charge on any atom is 0.191 e. The first-order valence-electron chi connectivity index (χ1n) is 7.38. The quantitative estimate of drug-likeness (QED) is 0.632. The Morgan fingerprint density at radius 2 is 2.35 bits per heavy atom. The molecule has 1 saturated heterocycles. The van der Waals surface area contributed by atoms with Gasteiger partial charge in [0.15, 0.2) is 11.7 Å². The zero-order chi connectivity index (χ0) is 13.9. The molecule has 2 N–H and O–H groups in total. The molecule has 2 heterocycles. The number of guanidine groups is 1. The Hall–Kier alpha value is -1.56. The van der Waals surface area contributed by atoms with E-state index in [1.807, 2.05) is 13.0 Å². The lowest BCUT2D eigenvalue weighted by Crippen LogP contribution is -2.44. The molecule has 0 spiro atoms. The van der Waals surface area contributed by atoms with E-state index < -0.39 is 0 Å². The number of rotatable bonds is 4. The number of aliphatic imine (C=N–C) groups is 1. The number of likely N-dealkylation sites (tertiary alicyclic amines) is 1. The molecule has 1 atom stereocenters. The van der Waals surface area contributed by atoms with Crippen LogP contribution in [0.3, 0.4) is 0 Å². The molecular weight excluding hydrogens is 254 g/mol. The molecule has 6 heteroatoms. The minimum absolute atomic E-state index is 0.498. The first-order chi connectivity index (χ1) is 9.74. The highest BCUT2D eigenvalue weighted by Gasteiger charge is 2.34. The molecule has 0 aromatic carbocycles. The molecule has 1 aliphatic heterocycles. The van der Waals surface area contributed by atoms with Gasteiger partial charge in [-0.25, -0.2) is 0 Å². The van der Waals surface area contributed by atoms with Crippen LogP contribution in [0.4, 0.5) is 0 Å². The van der Waals surface area contributed by atoms with E-state index in [0.29, 0.717) is 12.6 Å². The Kier molecular flexibility index (Phi) is 3.91. The molecule has 1 aromatic heterocycles. The topological polar surface area (TPSA) is 65.7 Å². The molecule has 0 bridgehead atoms. The van der Waals surface area contributed by atoms with E-state index >= 15 is 0 Å². The summed E-state index contributed by atoms with van der Waals surface area (Å²) in [4.78, 5) is 6.86. The largest absolute Gasteiger partial charge is 0.359 e. The Labute approximate surface area is 119 Å². The summed E-state index contributed by atoms with van der Waals surface area (Å²) in [6.45, 7) is 4.87. The second-order valence-electron chi connectivity index (χ2n) is 5.72. The molecule has 1 aliphatic carbocycles. The molecule has 6 nitrogen and oxygen atoms in total. The minimum atomic E-state index is 0.498. The number of aromatic nitrogens is 1. The summed E-state index contributed by atoms with van der Waals surface area (Å²) in [5.41, 5.74) is 0.903. The summed E-state index contributed by atoms with van der Waals surface area (Å²) >= 11 is 0. The Balaban J connectivity index is 1.45. The molecular formula is C14H23N5O. The van der Waals surface area contributed by atoms with Crippen LogP contribution < -0.4 is 10.6 Å². The van der Waals surface area contributed by atoms with E-state index in [-0.39, 0.29) is 0 Å². The summed E-state index contributed by atoms with van der Waals surface area (Å²) in [6.07, 6.45) is 3.95. The summed E-state index contributed by atoms with van der Waals surface area (Å²) in [7, 11) is 1.80. The summed E-state index contributed by atoms with van der Waals surface area (Å²) in [5.74, 6) is 1.66. The van der Waals surface area contributed by atoms with Gasteiger partial charge in [-0.15, -0.1) is 0 Å². The fourth-order valence-electron chi connectivity index (χ4n) is 2.73. The van der Waals surface area contributed by atoms with Crippen molar-refractivity contribution in [1.82, 2.24) is 20.7 Å². The third-order valence-corrected chi connectivity index (χ3v) is 3.95. The molecule has 1 saturated carbocycles. The zero-order valence-electron chi connectivity index (χ0n) is 12.2. The van der Waals surface area contributed by atoms with E-state index in [4.69, 9.17) is 4.52 Å². The standard InChI is InChI=1S/C14H23N5O/c1-10-7-13(20-18-10)8-16-14(15-2)17-11-5-6-19(9-11)12-3-4-12/h7,11-12H,3-6,8-9H2,1-2H3,(H2,15,16,17). The van der Waals surface area contributed by atoms with Crippen LogP contribution >= 0.6 is 0 Å². The van der Waals surface area contributed by atoms with Gasteiger partial charge < -0.3 is 15.2 Å². The monoisotopic (exact) mass is 277 g/mol. The number of hydrogen-bond donors (Lipinski definition) is 2. The third-order valence-electron chi connectivity index (χ3n) is 3.95. The van der Waals surface area contributed by atoms with Gasteiger partial charge in [-0.2, -0.15) is 0 Å². The van der Waals surface area contributed by atoms with Crippen LogP contribution in [0.2, 0.25) is 0 Å². The summed E-state index contributed by atoms with van der Waals surface area (Å²) in [5, 5.41) is 10.6. The summed E-state index contributed by atoms with van der Waals surface area (Å²) in [6, 6.07) is 3.29. The SMILES string of the molecule is CN=C(NCc1cc(C)no1)NC1CCN(C2CC2)C1. The fourth-order valence-corrected chi connectivity index (χ4v) is 2.73. The van der Waals surface area contributed by atoms with Crippen LogP contribution in [-0.2, 0) is 6.54 Å². The molecule has 20 heavy (non-hydrogen) atoms. The first-order valence-corrected chi connectivity index (χ1v) is 7.38. The van der Waals surface area contributed by atoms with Crippen molar-refractivity contribution in [2.75, 3.05) is 20.1 Å². The van der Waals surface area contributed by atoms with E-state index in [2.05, 4.69) is 25.7 Å². The van der Waals surface area contributed by atoms with Crippen molar-refractivity contribution in [3.8, 4) is 0 Å². The van der Waals surface area contributed by atoms with Gasteiger partial charge in [0, 0.05) is 38.3 Å². The highest BCUT2D eigenvalue weighted by atomic mass is 16.5. The lowest BCUT2D eigenvalue weighted by Gasteiger charge is -2.18. The first kappa shape index (κ1) is 13.4. The van der Waals surface area contributed by atoms with Crippen LogP contribution in [0.5, 0.6) is 0 Å². The van der Waals surface area contributed by atoms with Gasteiger partial charge in [-0.05, 0) is 26.2 Å². The van der Waals surface area contributed by atoms with E-state index in [1.165, 1.54) is 25.8 Å². The molecule has 1 aromatic rings. The summed E-state index contributed by atoms with van der Waals surface area (Å²) < 4.78 is 5.18. The number of nitrogens with one attached hydrogen (secondary N) is 2. The van der Waals surface area contributed by atoms with Crippen molar-refractivity contribution < 1.29 is 4.52 Å². The Bertz CT molecular complexity index is 480. The van der Waals surface area contributed by atoms with Crippen molar-refractivity contribution in [2.45, 2.75) is 44.8 Å².